The molecule has 0 aromatic heterocycles. The van der Waals surface area contributed by atoms with E-state index in [1.807, 2.05) is 62.4 Å². The highest BCUT2D eigenvalue weighted by Crippen LogP contribution is 2.24. The van der Waals surface area contributed by atoms with Crippen molar-refractivity contribution in [3.05, 3.63) is 83.4 Å². The smallest absolute Gasteiger partial charge is 0.247 e. The van der Waals surface area contributed by atoms with E-state index in [1.165, 1.54) is 0 Å². The van der Waals surface area contributed by atoms with Crippen LogP contribution in [0.25, 0.3) is 0 Å². The highest BCUT2D eigenvalue weighted by atomic mass is 32.2. The Morgan fingerprint density at radius 3 is 2.39 bits per heavy atom. The Hall–Kier alpha value is -2.53. The van der Waals surface area contributed by atoms with Crippen LogP contribution in [0.5, 0.6) is 0 Å². The second-order valence-corrected chi connectivity index (χ2v) is 8.21. The minimum Gasteiger partial charge on any atom is -0.347 e. The molecule has 0 spiro atoms. The average Bonchev–Trinajstić information content (AvgIpc) is 3.19. The summed E-state index contributed by atoms with van der Waals surface area (Å²) in [4.78, 5) is 27.2. The second kappa shape index (κ2) is 9.60. The number of nitrogens with one attached hydrogen (secondary N) is 1. The Balaban J connectivity index is 1.77. The Morgan fingerprint density at radius 1 is 1.11 bits per heavy atom. The Morgan fingerprint density at radius 2 is 1.75 bits per heavy atom. The first-order valence-corrected chi connectivity index (χ1v) is 10.6. The third kappa shape index (κ3) is 5.26. The molecule has 4 nitrogen and oxygen atoms in total. The molecule has 1 heterocycles. The van der Waals surface area contributed by atoms with E-state index >= 15 is 0 Å². The normalized spacial score (nSPS) is 17.1. The number of nitrogens with zero attached hydrogens (tertiary/aromatic N) is 1. The summed E-state index contributed by atoms with van der Waals surface area (Å²) in [6.07, 6.45) is 2.31. The van der Waals surface area contributed by atoms with E-state index in [2.05, 4.69) is 17.4 Å². The molecule has 2 atom stereocenters. The van der Waals surface area contributed by atoms with Crippen molar-refractivity contribution >= 4 is 23.6 Å². The molecule has 1 fully saturated rings. The maximum absolute atomic E-state index is 13.1. The number of carbonyl (C=O) groups excluding carboxylic acids is 2. The summed E-state index contributed by atoms with van der Waals surface area (Å²) in [7, 11) is 0. The molecule has 3 rings (SSSR count). The summed E-state index contributed by atoms with van der Waals surface area (Å²) in [5.74, 6) is 0.992. The molecule has 1 aliphatic rings. The molecule has 2 unspecified atom stereocenters. The van der Waals surface area contributed by atoms with Gasteiger partial charge in [0.15, 0.2) is 0 Å². The number of amides is 2. The Bertz CT molecular complexity index is 832. The monoisotopic (exact) mass is 394 g/mol. The van der Waals surface area contributed by atoms with Crippen molar-refractivity contribution in [1.82, 2.24) is 10.2 Å². The van der Waals surface area contributed by atoms with Crippen LogP contribution in [0, 0.1) is 0 Å². The Kier molecular flexibility index (Phi) is 6.93. The minimum absolute atomic E-state index is 0.0923. The summed E-state index contributed by atoms with van der Waals surface area (Å²) in [6.45, 7) is 3.78. The van der Waals surface area contributed by atoms with Crippen LogP contribution in [0.4, 0.5) is 0 Å². The van der Waals surface area contributed by atoms with E-state index in [0.29, 0.717) is 18.1 Å². The molecule has 1 aliphatic heterocycles. The van der Waals surface area contributed by atoms with Crippen molar-refractivity contribution in [2.45, 2.75) is 32.4 Å². The van der Waals surface area contributed by atoms with Gasteiger partial charge in [0.05, 0.1) is 11.9 Å². The van der Waals surface area contributed by atoms with Gasteiger partial charge in [-0.3, -0.25) is 9.59 Å². The van der Waals surface area contributed by atoms with Gasteiger partial charge in [0, 0.05) is 11.8 Å². The van der Waals surface area contributed by atoms with Crippen LogP contribution < -0.4 is 5.32 Å². The number of hydrogen-bond donors (Lipinski definition) is 1. The molecule has 1 N–H and O–H groups in total. The first-order chi connectivity index (χ1) is 13.5. The summed E-state index contributed by atoms with van der Waals surface area (Å²) < 4.78 is 0. The predicted molar refractivity (Wildman–Crippen MR) is 115 cm³/mol. The number of rotatable bonds is 6. The van der Waals surface area contributed by atoms with E-state index in [-0.39, 0.29) is 17.9 Å². The van der Waals surface area contributed by atoms with Gasteiger partial charge in [-0.25, -0.2) is 0 Å². The molecule has 146 valence electrons. The van der Waals surface area contributed by atoms with Gasteiger partial charge in [-0.2, -0.15) is 0 Å². The summed E-state index contributed by atoms with van der Waals surface area (Å²) in [6, 6.07) is 19.6. The maximum Gasteiger partial charge on any atom is 0.247 e. The van der Waals surface area contributed by atoms with E-state index in [9.17, 15) is 9.59 Å². The van der Waals surface area contributed by atoms with Gasteiger partial charge >= 0.3 is 0 Å². The lowest BCUT2D eigenvalue weighted by Crippen LogP contribution is -2.48. The fourth-order valence-corrected chi connectivity index (χ4v) is 4.43. The van der Waals surface area contributed by atoms with Crippen molar-refractivity contribution in [3.63, 3.8) is 0 Å². The zero-order valence-corrected chi connectivity index (χ0v) is 17.1. The number of thioether (sulfide) groups is 1. The molecule has 28 heavy (non-hydrogen) atoms. The lowest BCUT2D eigenvalue weighted by Gasteiger charge is -2.26. The molecule has 1 saturated heterocycles. The van der Waals surface area contributed by atoms with Crippen molar-refractivity contribution in [1.29, 1.82) is 0 Å². The minimum atomic E-state index is -0.435. The molecular weight excluding hydrogens is 368 g/mol. The van der Waals surface area contributed by atoms with Crippen LogP contribution in [0.3, 0.4) is 0 Å². The van der Waals surface area contributed by atoms with Crippen LogP contribution in [-0.4, -0.2) is 34.4 Å². The van der Waals surface area contributed by atoms with Crippen molar-refractivity contribution in [3.8, 4) is 0 Å². The third-order valence-corrected chi connectivity index (χ3v) is 5.69. The SMILES string of the molecule is CC(C)=CC(=O)N1CSCC1C(=O)NC(Cc1ccccc1)c1ccccc1. The highest BCUT2D eigenvalue weighted by Gasteiger charge is 2.34. The highest BCUT2D eigenvalue weighted by molar-refractivity contribution is 7.99. The average molecular weight is 395 g/mol. The van der Waals surface area contributed by atoms with Gasteiger partial charge < -0.3 is 10.2 Å². The summed E-state index contributed by atoms with van der Waals surface area (Å²) in [5, 5.41) is 3.20. The largest absolute Gasteiger partial charge is 0.347 e. The molecule has 0 radical (unpaired) electrons. The Labute approximate surface area is 171 Å². The second-order valence-electron chi connectivity index (χ2n) is 7.21. The van der Waals surface area contributed by atoms with Crippen LogP contribution in [0.1, 0.15) is 31.0 Å². The van der Waals surface area contributed by atoms with Crippen molar-refractivity contribution < 1.29 is 9.59 Å². The zero-order valence-electron chi connectivity index (χ0n) is 16.3. The molecule has 0 saturated carbocycles. The van der Waals surface area contributed by atoms with Crippen molar-refractivity contribution in [2.75, 3.05) is 11.6 Å². The molecule has 2 amide bonds. The van der Waals surface area contributed by atoms with Gasteiger partial charge in [-0.15, -0.1) is 11.8 Å². The van der Waals surface area contributed by atoms with Gasteiger partial charge in [-0.05, 0) is 31.4 Å². The predicted octanol–water partition coefficient (Wildman–Crippen LogP) is 3.95. The van der Waals surface area contributed by atoms with Gasteiger partial charge in [0.1, 0.15) is 6.04 Å². The van der Waals surface area contributed by atoms with E-state index in [1.54, 1.807) is 22.7 Å². The van der Waals surface area contributed by atoms with Crippen LogP contribution in [-0.2, 0) is 16.0 Å². The molecule has 2 aromatic carbocycles. The van der Waals surface area contributed by atoms with Crippen LogP contribution >= 0.6 is 11.8 Å². The lowest BCUT2D eigenvalue weighted by atomic mass is 9.98. The van der Waals surface area contributed by atoms with Gasteiger partial charge in [0.25, 0.3) is 0 Å². The molecule has 2 aromatic rings. The third-order valence-electron chi connectivity index (χ3n) is 4.68. The number of hydrogen-bond acceptors (Lipinski definition) is 3. The molecule has 5 heteroatoms. The first-order valence-electron chi connectivity index (χ1n) is 9.47. The molecular formula is C23H26N2O2S. The fraction of sp³-hybridized carbons (Fsp3) is 0.304. The zero-order chi connectivity index (χ0) is 19.9. The number of carbonyl (C=O) groups is 2. The fourth-order valence-electron chi connectivity index (χ4n) is 3.26. The standard InChI is InChI=1S/C23H26N2O2S/c1-17(2)13-22(26)25-16-28-15-21(25)23(27)24-20(19-11-7-4-8-12-19)14-18-9-5-3-6-10-18/h3-13,20-21H,14-16H2,1-2H3,(H,24,27). The maximum atomic E-state index is 13.1. The van der Waals surface area contributed by atoms with Crippen LogP contribution in [0.2, 0.25) is 0 Å². The van der Waals surface area contributed by atoms with Gasteiger partial charge in [0.2, 0.25) is 11.8 Å². The van der Waals surface area contributed by atoms with E-state index < -0.39 is 6.04 Å². The quantitative estimate of drug-likeness (QED) is 0.755. The molecule has 0 bridgehead atoms. The topological polar surface area (TPSA) is 49.4 Å². The molecule has 0 aliphatic carbocycles. The number of allylic oxidation sites excluding steroid dienone is 1. The number of benzene rings is 2. The first kappa shape index (κ1) is 20.2. The lowest BCUT2D eigenvalue weighted by molar-refractivity contribution is -0.135. The summed E-state index contributed by atoms with van der Waals surface area (Å²) >= 11 is 1.62. The van der Waals surface area contributed by atoms with Crippen LogP contribution in [0.15, 0.2) is 72.3 Å². The van der Waals surface area contributed by atoms with Crippen molar-refractivity contribution in [2.24, 2.45) is 0 Å². The van der Waals surface area contributed by atoms with Gasteiger partial charge in [-0.1, -0.05) is 66.2 Å². The van der Waals surface area contributed by atoms with E-state index in [4.69, 9.17) is 0 Å². The van der Waals surface area contributed by atoms with E-state index in [0.717, 1.165) is 16.7 Å². The summed E-state index contributed by atoms with van der Waals surface area (Å²) in [5.41, 5.74) is 3.16.